The van der Waals surface area contributed by atoms with Crippen LogP contribution in [0.4, 0.5) is 0 Å². The van der Waals surface area contributed by atoms with E-state index in [9.17, 15) is 9.90 Å². The summed E-state index contributed by atoms with van der Waals surface area (Å²) in [6.45, 7) is 11.8. The topological polar surface area (TPSA) is 43.8 Å². The highest BCUT2D eigenvalue weighted by atomic mass is 16.3. The summed E-state index contributed by atoms with van der Waals surface area (Å²) in [7, 11) is 0. The van der Waals surface area contributed by atoms with Gasteiger partial charge in [-0.05, 0) is 26.7 Å². The van der Waals surface area contributed by atoms with Crippen LogP contribution >= 0.6 is 0 Å². The largest absolute Gasteiger partial charge is 0.389 e. The van der Waals surface area contributed by atoms with Crippen molar-refractivity contribution >= 4 is 5.91 Å². The molecule has 0 aromatic heterocycles. The molecule has 1 saturated heterocycles. The average molecular weight is 256 g/mol. The average Bonchev–Trinajstić information content (AvgIpc) is 2.29. The maximum Gasteiger partial charge on any atom is 0.225 e. The summed E-state index contributed by atoms with van der Waals surface area (Å²) >= 11 is 0. The third-order valence-electron chi connectivity index (χ3n) is 3.63. The van der Waals surface area contributed by atoms with Gasteiger partial charge < -0.3 is 10.0 Å². The van der Waals surface area contributed by atoms with Crippen LogP contribution in [0.2, 0.25) is 0 Å². The number of carbonyl (C=O) groups excluding carboxylic acids is 1. The van der Waals surface area contributed by atoms with E-state index in [1.165, 1.54) is 0 Å². The van der Waals surface area contributed by atoms with Gasteiger partial charge in [-0.3, -0.25) is 9.69 Å². The summed E-state index contributed by atoms with van der Waals surface area (Å²) < 4.78 is 0. The Hall–Kier alpha value is -0.610. The van der Waals surface area contributed by atoms with Crippen molar-refractivity contribution in [2.75, 3.05) is 32.7 Å². The van der Waals surface area contributed by atoms with Crippen molar-refractivity contribution in [2.24, 2.45) is 5.92 Å². The molecule has 0 saturated carbocycles. The number of hydrogen-bond acceptors (Lipinski definition) is 3. The normalized spacial score (nSPS) is 18.4. The zero-order chi connectivity index (χ0) is 13.8. The molecule has 0 aliphatic carbocycles. The number of amides is 1. The second-order valence-corrected chi connectivity index (χ2v) is 5.93. The van der Waals surface area contributed by atoms with Gasteiger partial charge in [0.15, 0.2) is 0 Å². The fraction of sp³-hybridized carbons (Fsp3) is 0.929. The molecule has 1 N–H and O–H groups in total. The van der Waals surface area contributed by atoms with Gasteiger partial charge in [0.05, 0.1) is 5.60 Å². The van der Waals surface area contributed by atoms with E-state index in [1.54, 1.807) is 0 Å². The molecule has 0 aromatic rings. The fourth-order valence-electron chi connectivity index (χ4n) is 2.57. The Balaban J connectivity index is 2.41. The number of piperazine rings is 1. The van der Waals surface area contributed by atoms with Crippen molar-refractivity contribution in [1.82, 2.24) is 9.80 Å². The molecule has 0 radical (unpaired) electrons. The lowest BCUT2D eigenvalue weighted by Gasteiger charge is -2.38. The molecular weight excluding hydrogens is 228 g/mol. The zero-order valence-corrected chi connectivity index (χ0v) is 12.3. The van der Waals surface area contributed by atoms with E-state index in [2.05, 4.69) is 18.7 Å². The second-order valence-electron chi connectivity index (χ2n) is 5.93. The molecule has 0 bridgehead atoms. The number of nitrogens with zero attached hydrogens (tertiary/aromatic N) is 2. The fourth-order valence-corrected chi connectivity index (χ4v) is 2.57. The van der Waals surface area contributed by atoms with Gasteiger partial charge in [0.25, 0.3) is 0 Å². The van der Waals surface area contributed by atoms with Crippen LogP contribution in [-0.4, -0.2) is 59.1 Å². The molecule has 4 nitrogen and oxygen atoms in total. The van der Waals surface area contributed by atoms with Gasteiger partial charge in [0.2, 0.25) is 5.91 Å². The molecule has 1 rings (SSSR count). The Morgan fingerprint density at radius 2 is 1.67 bits per heavy atom. The van der Waals surface area contributed by atoms with E-state index in [4.69, 9.17) is 0 Å². The van der Waals surface area contributed by atoms with Crippen LogP contribution in [0.3, 0.4) is 0 Å². The van der Waals surface area contributed by atoms with Crippen molar-refractivity contribution < 1.29 is 9.90 Å². The molecule has 0 spiro atoms. The van der Waals surface area contributed by atoms with Crippen molar-refractivity contribution in [3.63, 3.8) is 0 Å². The van der Waals surface area contributed by atoms with Crippen molar-refractivity contribution in [3.8, 4) is 0 Å². The third-order valence-corrected chi connectivity index (χ3v) is 3.63. The molecule has 0 atom stereocenters. The molecule has 18 heavy (non-hydrogen) atoms. The summed E-state index contributed by atoms with van der Waals surface area (Å²) in [5.74, 6) is 0.494. The van der Waals surface area contributed by atoms with Crippen LogP contribution in [0.15, 0.2) is 0 Å². The Bertz CT molecular complexity index is 261. The maximum absolute atomic E-state index is 12.2. The first-order valence-electron chi connectivity index (χ1n) is 7.11. The standard InChI is InChI=1S/C14H28N2O2/c1-5-12(6-2)13(17)16-9-7-15(8-10-16)11-14(3,4)18/h12,18H,5-11H2,1-4H3. The Kier molecular flexibility index (Phi) is 5.60. The van der Waals surface area contributed by atoms with Crippen LogP contribution in [0, 0.1) is 5.92 Å². The molecule has 4 heteroatoms. The second kappa shape index (κ2) is 6.53. The van der Waals surface area contributed by atoms with E-state index in [-0.39, 0.29) is 5.92 Å². The number of rotatable bonds is 5. The first-order valence-corrected chi connectivity index (χ1v) is 7.11. The molecule has 1 aliphatic rings. The molecule has 0 aromatic carbocycles. The first kappa shape index (κ1) is 15.4. The van der Waals surface area contributed by atoms with E-state index >= 15 is 0 Å². The molecule has 0 unspecified atom stereocenters. The Labute approximate surface area is 111 Å². The molecule has 1 fully saturated rings. The van der Waals surface area contributed by atoms with Gasteiger partial charge >= 0.3 is 0 Å². The highest BCUT2D eigenvalue weighted by Crippen LogP contribution is 2.15. The summed E-state index contributed by atoms with van der Waals surface area (Å²) in [6.07, 6.45) is 1.86. The van der Waals surface area contributed by atoms with Gasteiger partial charge in [0.1, 0.15) is 0 Å². The quantitative estimate of drug-likeness (QED) is 0.807. The van der Waals surface area contributed by atoms with Crippen LogP contribution in [0.5, 0.6) is 0 Å². The zero-order valence-electron chi connectivity index (χ0n) is 12.3. The van der Waals surface area contributed by atoms with Crippen LogP contribution in [0.25, 0.3) is 0 Å². The lowest BCUT2D eigenvalue weighted by atomic mass is 10.0. The lowest BCUT2D eigenvalue weighted by Crippen LogP contribution is -2.53. The Morgan fingerprint density at radius 1 is 1.17 bits per heavy atom. The van der Waals surface area contributed by atoms with E-state index in [1.807, 2.05) is 18.7 Å². The Morgan fingerprint density at radius 3 is 2.06 bits per heavy atom. The minimum atomic E-state index is -0.651. The maximum atomic E-state index is 12.2. The van der Waals surface area contributed by atoms with Crippen LogP contribution < -0.4 is 0 Å². The molecule has 106 valence electrons. The predicted octanol–water partition coefficient (Wildman–Crippen LogP) is 1.34. The SMILES string of the molecule is CCC(CC)C(=O)N1CCN(CC(C)(C)O)CC1. The number of aliphatic hydroxyl groups is 1. The summed E-state index contributed by atoms with van der Waals surface area (Å²) in [6, 6.07) is 0. The smallest absolute Gasteiger partial charge is 0.225 e. The highest BCUT2D eigenvalue weighted by Gasteiger charge is 2.27. The molecule has 1 heterocycles. The van der Waals surface area contributed by atoms with Crippen molar-refractivity contribution in [3.05, 3.63) is 0 Å². The third kappa shape index (κ3) is 4.58. The monoisotopic (exact) mass is 256 g/mol. The van der Waals surface area contributed by atoms with Gasteiger partial charge in [-0.15, -0.1) is 0 Å². The number of β-amino-alcohol motifs (C(OH)–C–C–N with tert-alkyl or cyclic N) is 1. The molecular formula is C14H28N2O2. The lowest BCUT2D eigenvalue weighted by molar-refractivity contribution is -0.137. The minimum Gasteiger partial charge on any atom is -0.389 e. The summed E-state index contributed by atoms with van der Waals surface area (Å²) in [5.41, 5.74) is -0.651. The molecule has 1 aliphatic heterocycles. The van der Waals surface area contributed by atoms with Crippen molar-refractivity contribution in [2.45, 2.75) is 46.1 Å². The number of carbonyl (C=O) groups is 1. The predicted molar refractivity (Wildman–Crippen MR) is 73.4 cm³/mol. The summed E-state index contributed by atoms with van der Waals surface area (Å²) in [4.78, 5) is 16.4. The van der Waals surface area contributed by atoms with E-state index in [0.29, 0.717) is 12.5 Å². The van der Waals surface area contributed by atoms with Crippen LogP contribution in [-0.2, 0) is 4.79 Å². The first-order chi connectivity index (χ1) is 8.37. The highest BCUT2D eigenvalue weighted by molar-refractivity contribution is 5.78. The van der Waals surface area contributed by atoms with Gasteiger partial charge in [-0.1, -0.05) is 13.8 Å². The van der Waals surface area contributed by atoms with Crippen molar-refractivity contribution in [1.29, 1.82) is 0 Å². The molecule has 1 amide bonds. The summed E-state index contributed by atoms with van der Waals surface area (Å²) in [5, 5.41) is 9.79. The van der Waals surface area contributed by atoms with Crippen LogP contribution in [0.1, 0.15) is 40.5 Å². The number of hydrogen-bond donors (Lipinski definition) is 1. The minimum absolute atomic E-state index is 0.186. The van der Waals surface area contributed by atoms with Gasteiger partial charge in [-0.2, -0.15) is 0 Å². The van der Waals surface area contributed by atoms with E-state index in [0.717, 1.165) is 39.0 Å². The van der Waals surface area contributed by atoms with Gasteiger partial charge in [-0.25, -0.2) is 0 Å². The van der Waals surface area contributed by atoms with E-state index < -0.39 is 5.60 Å². The van der Waals surface area contributed by atoms with Gasteiger partial charge in [0, 0.05) is 38.6 Å².